The number of aromatic nitrogens is 3. The Balaban J connectivity index is 2.14. The van der Waals surface area contributed by atoms with Crippen molar-refractivity contribution < 1.29 is 5.11 Å². The molecule has 1 aromatic rings. The summed E-state index contributed by atoms with van der Waals surface area (Å²) in [6.45, 7) is 12.0. The van der Waals surface area contributed by atoms with Gasteiger partial charge in [0, 0.05) is 13.0 Å². The molecule has 1 saturated carbocycles. The van der Waals surface area contributed by atoms with E-state index in [-0.39, 0.29) is 5.41 Å². The molecular weight excluding hydrogens is 250 g/mol. The van der Waals surface area contributed by atoms with Crippen LogP contribution in [0.2, 0.25) is 0 Å². The molecule has 0 spiro atoms. The molecule has 2 unspecified atom stereocenters. The summed E-state index contributed by atoms with van der Waals surface area (Å²) in [4.78, 5) is 4.37. The van der Waals surface area contributed by atoms with Crippen molar-refractivity contribution >= 4 is 0 Å². The second-order valence-corrected chi connectivity index (χ2v) is 8.01. The first-order valence-electron chi connectivity index (χ1n) is 7.78. The van der Waals surface area contributed by atoms with E-state index < -0.39 is 5.60 Å². The molecule has 4 heteroatoms. The van der Waals surface area contributed by atoms with Crippen molar-refractivity contribution in [1.29, 1.82) is 0 Å². The average molecular weight is 279 g/mol. The quantitative estimate of drug-likeness (QED) is 0.921. The highest BCUT2D eigenvalue weighted by molar-refractivity contribution is 5.00. The molecule has 0 amide bonds. The van der Waals surface area contributed by atoms with Crippen LogP contribution in [0.5, 0.6) is 0 Å². The smallest absolute Gasteiger partial charge is 0.138 e. The van der Waals surface area contributed by atoms with Gasteiger partial charge in [-0.05, 0) is 36.5 Å². The minimum atomic E-state index is -0.636. The Morgan fingerprint density at radius 2 is 2.10 bits per heavy atom. The van der Waals surface area contributed by atoms with Crippen LogP contribution in [0.3, 0.4) is 0 Å². The Kier molecular flexibility index (Phi) is 4.24. The Hall–Kier alpha value is -0.900. The molecule has 1 aliphatic carbocycles. The summed E-state index contributed by atoms with van der Waals surface area (Å²) >= 11 is 0. The lowest BCUT2D eigenvalue weighted by atomic mass is 9.65. The van der Waals surface area contributed by atoms with E-state index in [2.05, 4.69) is 44.7 Å². The van der Waals surface area contributed by atoms with Gasteiger partial charge < -0.3 is 5.11 Å². The van der Waals surface area contributed by atoms with Gasteiger partial charge >= 0.3 is 0 Å². The third-order valence-corrected chi connectivity index (χ3v) is 4.16. The van der Waals surface area contributed by atoms with Gasteiger partial charge in [0.05, 0.1) is 5.60 Å². The van der Waals surface area contributed by atoms with Crippen molar-refractivity contribution in [2.24, 2.45) is 17.3 Å². The lowest BCUT2D eigenvalue weighted by Gasteiger charge is -2.44. The van der Waals surface area contributed by atoms with Crippen LogP contribution < -0.4 is 0 Å². The Labute approximate surface area is 122 Å². The van der Waals surface area contributed by atoms with E-state index >= 15 is 0 Å². The van der Waals surface area contributed by atoms with E-state index in [0.717, 1.165) is 25.2 Å². The highest BCUT2D eigenvalue weighted by Gasteiger charge is 2.42. The molecule has 114 valence electrons. The van der Waals surface area contributed by atoms with Gasteiger partial charge in [-0.15, -0.1) is 0 Å². The minimum Gasteiger partial charge on any atom is -0.389 e. The van der Waals surface area contributed by atoms with Gasteiger partial charge in [0.2, 0.25) is 0 Å². The van der Waals surface area contributed by atoms with E-state index in [1.54, 1.807) is 6.33 Å². The van der Waals surface area contributed by atoms with Crippen LogP contribution in [0.25, 0.3) is 0 Å². The van der Waals surface area contributed by atoms with Gasteiger partial charge in [0.1, 0.15) is 12.2 Å². The summed E-state index contributed by atoms with van der Waals surface area (Å²) < 4.78 is 1.95. The van der Waals surface area contributed by atoms with E-state index in [9.17, 15) is 5.11 Å². The molecule has 0 radical (unpaired) electrons. The Morgan fingerprint density at radius 1 is 1.40 bits per heavy atom. The van der Waals surface area contributed by atoms with Crippen molar-refractivity contribution in [3.8, 4) is 0 Å². The minimum absolute atomic E-state index is 0.204. The van der Waals surface area contributed by atoms with Gasteiger partial charge in [-0.1, -0.05) is 34.6 Å². The Bertz CT molecular complexity index is 452. The molecular formula is C16H29N3O. The first-order valence-corrected chi connectivity index (χ1v) is 7.78. The zero-order valence-electron chi connectivity index (χ0n) is 13.6. The molecule has 1 N–H and O–H groups in total. The van der Waals surface area contributed by atoms with Gasteiger partial charge in [0.15, 0.2) is 0 Å². The fourth-order valence-electron chi connectivity index (χ4n) is 4.05. The molecule has 0 bridgehead atoms. The number of nitrogens with zero attached hydrogens (tertiary/aromatic N) is 3. The van der Waals surface area contributed by atoms with Crippen LogP contribution in [0.15, 0.2) is 6.33 Å². The summed E-state index contributed by atoms with van der Waals surface area (Å²) in [7, 11) is 0. The zero-order valence-corrected chi connectivity index (χ0v) is 13.6. The maximum Gasteiger partial charge on any atom is 0.138 e. The van der Waals surface area contributed by atoms with Crippen molar-refractivity contribution in [3.63, 3.8) is 0 Å². The van der Waals surface area contributed by atoms with E-state index in [0.29, 0.717) is 18.3 Å². The zero-order chi connectivity index (χ0) is 15.0. The Morgan fingerprint density at radius 3 is 2.70 bits per heavy atom. The highest BCUT2D eigenvalue weighted by atomic mass is 16.3. The van der Waals surface area contributed by atoms with Crippen LogP contribution in [0, 0.1) is 17.3 Å². The first-order chi connectivity index (χ1) is 9.19. The van der Waals surface area contributed by atoms with Crippen LogP contribution in [-0.2, 0) is 13.0 Å². The summed E-state index contributed by atoms with van der Waals surface area (Å²) in [5, 5.41) is 15.3. The SMILES string of the molecule is CC(C)Cn1ncnc1CC1(O)CC(C)CC(C)(C)C1. The van der Waals surface area contributed by atoms with Crippen molar-refractivity contribution in [1.82, 2.24) is 14.8 Å². The second-order valence-electron chi connectivity index (χ2n) is 8.01. The number of hydrogen-bond acceptors (Lipinski definition) is 3. The summed E-state index contributed by atoms with van der Waals surface area (Å²) in [5.74, 6) is 2.02. The highest BCUT2D eigenvalue weighted by Crippen LogP contribution is 2.44. The third-order valence-electron chi connectivity index (χ3n) is 4.16. The van der Waals surface area contributed by atoms with Crippen molar-refractivity contribution in [2.45, 2.75) is 72.4 Å². The number of hydrogen-bond donors (Lipinski definition) is 1. The molecule has 1 aromatic heterocycles. The molecule has 2 rings (SSSR count). The average Bonchev–Trinajstić information content (AvgIpc) is 2.59. The molecule has 2 atom stereocenters. The second kappa shape index (κ2) is 5.47. The molecule has 0 aliphatic heterocycles. The first kappa shape index (κ1) is 15.5. The standard InChI is InChI=1S/C16H29N3O/c1-12(2)9-19-14(17-11-18-19)8-16(20)7-13(3)6-15(4,5)10-16/h11-13,20H,6-10H2,1-5H3. The summed E-state index contributed by atoms with van der Waals surface area (Å²) in [6, 6.07) is 0. The van der Waals surface area contributed by atoms with Crippen molar-refractivity contribution in [2.75, 3.05) is 0 Å². The van der Waals surface area contributed by atoms with Crippen LogP contribution >= 0.6 is 0 Å². The van der Waals surface area contributed by atoms with Crippen LogP contribution in [-0.4, -0.2) is 25.5 Å². The fourth-order valence-corrected chi connectivity index (χ4v) is 4.05. The normalized spacial score (nSPS) is 29.9. The van der Waals surface area contributed by atoms with E-state index in [1.807, 2.05) is 4.68 Å². The van der Waals surface area contributed by atoms with Gasteiger partial charge in [-0.2, -0.15) is 5.10 Å². The molecule has 4 nitrogen and oxygen atoms in total. The molecule has 1 fully saturated rings. The largest absolute Gasteiger partial charge is 0.389 e. The topological polar surface area (TPSA) is 50.9 Å². The molecule has 1 heterocycles. The maximum absolute atomic E-state index is 11.0. The lowest BCUT2D eigenvalue weighted by Crippen LogP contribution is -2.44. The fraction of sp³-hybridized carbons (Fsp3) is 0.875. The molecule has 0 aromatic carbocycles. The third kappa shape index (κ3) is 3.81. The van der Waals surface area contributed by atoms with Crippen LogP contribution in [0.1, 0.15) is 59.7 Å². The van der Waals surface area contributed by atoms with Crippen molar-refractivity contribution in [3.05, 3.63) is 12.2 Å². The van der Waals surface area contributed by atoms with E-state index in [4.69, 9.17) is 0 Å². The summed E-state index contributed by atoms with van der Waals surface area (Å²) in [6.07, 6.45) is 5.13. The van der Waals surface area contributed by atoms with Crippen LogP contribution in [0.4, 0.5) is 0 Å². The maximum atomic E-state index is 11.0. The molecule has 0 saturated heterocycles. The number of rotatable bonds is 4. The van der Waals surface area contributed by atoms with Gasteiger partial charge in [-0.3, -0.25) is 0 Å². The monoisotopic (exact) mass is 279 g/mol. The number of aliphatic hydroxyl groups is 1. The van der Waals surface area contributed by atoms with Gasteiger partial charge in [-0.25, -0.2) is 9.67 Å². The predicted octanol–water partition coefficient (Wildman–Crippen LogP) is 3.05. The predicted molar refractivity (Wildman–Crippen MR) is 80.3 cm³/mol. The summed E-state index contributed by atoms with van der Waals surface area (Å²) in [5.41, 5.74) is -0.432. The van der Waals surface area contributed by atoms with E-state index in [1.165, 1.54) is 6.42 Å². The molecule has 20 heavy (non-hydrogen) atoms. The van der Waals surface area contributed by atoms with Gasteiger partial charge in [0.25, 0.3) is 0 Å². The molecule has 1 aliphatic rings. The lowest BCUT2D eigenvalue weighted by molar-refractivity contribution is -0.0593.